The van der Waals surface area contributed by atoms with E-state index in [2.05, 4.69) is 15.5 Å². The standard InChI is InChI=1S/C22H31N5O5S/c1-15-12-17(24-22(28)19-13-20(32-25-19)16-4-5-16)8-9-27(15)33(29,30)18-6-7-21(23-14-18)26(2)10-11-31-3/h6-7,13-17H,4-5,8-12H2,1-3H3,(H,24,28)/t15-,17-/m0/s1. The third-order valence-electron chi connectivity index (χ3n) is 6.24. The minimum Gasteiger partial charge on any atom is -0.383 e. The summed E-state index contributed by atoms with van der Waals surface area (Å²) in [4.78, 5) is 18.9. The zero-order valence-electron chi connectivity index (χ0n) is 19.2. The first-order valence-electron chi connectivity index (χ1n) is 11.2. The Hall–Kier alpha value is -2.50. The Morgan fingerprint density at radius 2 is 2.12 bits per heavy atom. The lowest BCUT2D eigenvalue weighted by atomic mass is 10.0. The fourth-order valence-electron chi connectivity index (χ4n) is 4.08. The van der Waals surface area contributed by atoms with Crippen molar-refractivity contribution in [3.8, 4) is 0 Å². The lowest BCUT2D eigenvalue weighted by Gasteiger charge is -2.36. The molecule has 4 rings (SSSR count). The molecule has 11 heteroatoms. The second-order valence-electron chi connectivity index (χ2n) is 8.81. The van der Waals surface area contributed by atoms with Gasteiger partial charge < -0.3 is 19.5 Å². The van der Waals surface area contributed by atoms with Gasteiger partial charge >= 0.3 is 0 Å². The molecule has 2 aliphatic rings. The maximum Gasteiger partial charge on any atom is 0.273 e. The van der Waals surface area contributed by atoms with E-state index in [1.807, 2.05) is 18.9 Å². The molecule has 10 nitrogen and oxygen atoms in total. The van der Waals surface area contributed by atoms with Crippen LogP contribution in [0.4, 0.5) is 5.82 Å². The minimum atomic E-state index is -3.69. The van der Waals surface area contributed by atoms with Crippen molar-refractivity contribution >= 4 is 21.7 Å². The zero-order valence-corrected chi connectivity index (χ0v) is 20.0. The van der Waals surface area contributed by atoms with Crippen molar-refractivity contribution in [1.82, 2.24) is 19.8 Å². The van der Waals surface area contributed by atoms with Gasteiger partial charge in [0.15, 0.2) is 5.69 Å². The molecule has 33 heavy (non-hydrogen) atoms. The molecule has 180 valence electrons. The number of carbonyl (C=O) groups excluding carboxylic acids is 1. The van der Waals surface area contributed by atoms with Crippen LogP contribution in [0.5, 0.6) is 0 Å². The minimum absolute atomic E-state index is 0.130. The Morgan fingerprint density at radius 1 is 1.33 bits per heavy atom. The highest BCUT2D eigenvalue weighted by atomic mass is 32.2. The fraction of sp³-hybridized carbons (Fsp3) is 0.591. The first kappa shape index (κ1) is 23.7. The fourth-order valence-corrected chi connectivity index (χ4v) is 5.69. The summed E-state index contributed by atoms with van der Waals surface area (Å²) in [5, 5.41) is 6.86. The largest absolute Gasteiger partial charge is 0.383 e. The first-order valence-corrected chi connectivity index (χ1v) is 12.7. The number of nitrogens with zero attached hydrogens (tertiary/aromatic N) is 4. The van der Waals surface area contributed by atoms with Crippen LogP contribution in [0.3, 0.4) is 0 Å². The van der Waals surface area contributed by atoms with Crippen molar-refractivity contribution in [2.24, 2.45) is 0 Å². The summed E-state index contributed by atoms with van der Waals surface area (Å²) in [7, 11) is -0.178. The molecular weight excluding hydrogens is 446 g/mol. The van der Waals surface area contributed by atoms with Gasteiger partial charge in [0.25, 0.3) is 5.91 Å². The number of rotatable bonds is 9. The van der Waals surface area contributed by atoms with Crippen LogP contribution < -0.4 is 10.2 Å². The number of hydrogen-bond donors (Lipinski definition) is 1. The number of aromatic nitrogens is 2. The quantitative estimate of drug-likeness (QED) is 0.583. The highest BCUT2D eigenvalue weighted by Crippen LogP contribution is 2.40. The monoisotopic (exact) mass is 477 g/mol. The Kier molecular flexibility index (Phi) is 7.01. The van der Waals surface area contributed by atoms with Crippen LogP contribution in [0.2, 0.25) is 0 Å². The molecule has 0 aromatic carbocycles. The molecule has 0 unspecified atom stereocenters. The highest BCUT2D eigenvalue weighted by molar-refractivity contribution is 7.89. The van der Waals surface area contributed by atoms with Gasteiger partial charge in [0.2, 0.25) is 10.0 Å². The van der Waals surface area contributed by atoms with Crippen molar-refractivity contribution in [2.45, 2.75) is 55.5 Å². The summed E-state index contributed by atoms with van der Waals surface area (Å²) in [5.41, 5.74) is 0.279. The number of ether oxygens (including phenoxy) is 1. The van der Waals surface area contributed by atoms with Gasteiger partial charge in [-0.3, -0.25) is 4.79 Å². The second-order valence-corrected chi connectivity index (χ2v) is 10.7. The van der Waals surface area contributed by atoms with Crippen LogP contribution >= 0.6 is 0 Å². The van der Waals surface area contributed by atoms with E-state index in [-0.39, 0.29) is 28.6 Å². The number of amides is 1. The summed E-state index contributed by atoms with van der Waals surface area (Å²) in [6, 6.07) is 4.60. The van der Waals surface area contributed by atoms with Crippen LogP contribution in [0.1, 0.15) is 54.8 Å². The van der Waals surface area contributed by atoms with E-state index in [1.165, 1.54) is 10.5 Å². The van der Waals surface area contributed by atoms with E-state index in [0.29, 0.717) is 44.3 Å². The predicted molar refractivity (Wildman–Crippen MR) is 122 cm³/mol. The third-order valence-corrected chi connectivity index (χ3v) is 8.24. The molecule has 1 saturated heterocycles. The van der Waals surface area contributed by atoms with E-state index < -0.39 is 10.0 Å². The van der Waals surface area contributed by atoms with Gasteiger partial charge in [0.05, 0.1) is 6.61 Å². The van der Waals surface area contributed by atoms with Gasteiger partial charge in [0.1, 0.15) is 16.5 Å². The highest BCUT2D eigenvalue weighted by Gasteiger charge is 2.36. The summed E-state index contributed by atoms with van der Waals surface area (Å²) < 4.78 is 38.2. The molecule has 1 saturated carbocycles. The maximum atomic E-state index is 13.2. The van der Waals surface area contributed by atoms with E-state index >= 15 is 0 Å². The van der Waals surface area contributed by atoms with Crippen LogP contribution in [0, 0.1) is 0 Å². The van der Waals surface area contributed by atoms with Crippen molar-refractivity contribution in [3.05, 3.63) is 35.9 Å². The molecule has 1 N–H and O–H groups in total. The van der Waals surface area contributed by atoms with E-state index in [1.54, 1.807) is 25.3 Å². The molecule has 1 aliphatic heterocycles. The van der Waals surface area contributed by atoms with E-state index in [0.717, 1.165) is 18.6 Å². The lowest BCUT2D eigenvalue weighted by Crippen LogP contribution is -2.50. The number of methoxy groups -OCH3 is 1. The second kappa shape index (κ2) is 9.78. The normalized spacial score (nSPS) is 21.7. The molecule has 3 heterocycles. The number of likely N-dealkylation sites (N-methyl/N-ethyl adjacent to an activating group) is 1. The van der Waals surface area contributed by atoms with Crippen LogP contribution in [0.25, 0.3) is 0 Å². The SMILES string of the molecule is COCCN(C)c1ccc(S(=O)(=O)N2CC[C@H](NC(=O)c3cc(C4CC4)on3)C[C@@H]2C)cn1. The molecule has 2 atom stereocenters. The summed E-state index contributed by atoms with van der Waals surface area (Å²) >= 11 is 0. The lowest BCUT2D eigenvalue weighted by molar-refractivity contribution is 0.0905. The van der Waals surface area contributed by atoms with Gasteiger partial charge in [-0.2, -0.15) is 4.31 Å². The number of carbonyl (C=O) groups is 1. The molecule has 0 spiro atoms. The number of anilines is 1. The zero-order chi connectivity index (χ0) is 23.6. The van der Waals surface area contributed by atoms with Crippen molar-refractivity contribution in [3.63, 3.8) is 0 Å². The average Bonchev–Trinajstić information content (AvgIpc) is 3.53. The van der Waals surface area contributed by atoms with E-state index in [4.69, 9.17) is 9.26 Å². The Labute approximate surface area is 194 Å². The van der Waals surface area contributed by atoms with Gasteiger partial charge in [-0.1, -0.05) is 5.16 Å². The van der Waals surface area contributed by atoms with Crippen molar-refractivity contribution in [2.75, 3.05) is 38.8 Å². The van der Waals surface area contributed by atoms with Gasteiger partial charge in [-0.05, 0) is 44.7 Å². The number of nitrogens with one attached hydrogen (secondary N) is 1. The average molecular weight is 478 g/mol. The molecule has 0 bridgehead atoms. The molecule has 2 aromatic rings. The molecule has 2 aromatic heterocycles. The van der Waals surface area contributed by atoms with Crippen LogP contribution in [0.15, 0.2) is 33.8 Å². The number of hydrogen-bond acceptors (Lipinski definition) is 8. The topological polar surface area (TPSA) is 118 Å². The summed E-state index contributed by atoms with van der Waals surface area (Å²) in [6.45, 7) is 3.38. The number of pyridine rings is 1. The first-order chi connectivity index (χ1) is 15.8. The van der Waals surface area contributed by atoms with Gasteiger partial charge in [-0.25, -0.2) is 13.4 Å². The Morgan fingerprint density at radius 3 is 2.76 bits per heavy atom. The molecule has 1 aliphatic carbocycles. The molecule has 0 radical (unpaired) electrons. The van der Waals surface area contributed by atoms with Crippen LogP contribution in [-0.2, 0) is 14.8 Å². The smallest absolute Gasteiger partial charge is 0.273 e. The number of sulfonamides is 1. The van der Waals surface area contributed by atoms with Gasteiger partial charge in [-0.15, -0.1) is 0 Å². The van der Waals surface area contributed by atoms with E-state index in [9.17, 15) is 13.2 Å². The maximum absolute atomic E-state index is 13.2. The van der Waals surface area contributed by atoms with Crippen LogP contribution in [-0.4, -0.2) is 74.7 Å². The molecular formula is C22H31N5O5S. The molecule has 1 amide bonds. The predicted octanol–water partition coefficient (Wildman–Crippen LogP) is 2.00. The number of piperidine rings is 1. The molecule has 2 fully saturated rings. The van der Waals surface area contributed by atoms with Crippen molar-refractivity contribution in [1.29, 1.82) is 0 Å². The van der Waals surface area contributed by atoms with Gasteiger partial charge in [0, 0.05) is 57.5 Å². The third kappa shape index (κ3) is 5.36. The summed E-state index contributed by atoms with van der Waals surface area (Å²) in [5.74, 6) is 1.55. The Balaban J connectivity index is 1.35. The summed E-state index contributed by atoms with van der Waals surface area (Å²) in [6.07, 6.45) is 4.58. The van der Waals surface area contributed by atoms with Crippen molar-refractivity contribution < 1.29 is 22.5 Å². The Bertz CT molecular complexity index is 1070.